The molecule has 0 saturated carbocycles. The summed E-state index contributed by atoms with van der Waals surface area (Å²) in [6, 6.07) is 8.00. The van der Waals surface area contributed by atoms with Gasteiger partial charge in [-0.1, -0.05) is 24.3 Å². The van der Waals surface area contributed by atoms with Crippen molar-refractivity contribution in [2.45, 2.75) is 19.4 Å². The van der Waals surface area contributed by atoms with Crippen LogP contribution >= 0.6 is 12.4 Å². The molecule has 2 N–H and O–H groups in total. The van der Waals surface area contributed by atoms with Gasteiger partial charge in [-0.2, -0.15) is 0 Å². The first kappa shape index (κ1) is 12.4. The molecule has 13 heavy (non-hydrogen) atoms. The van der Waals surface area contributed by atoms with E-state index < -0.39 is 0 Å². The molecule has 1 rings (SSSR count). The molecular weight excluding hydrogens is 189 g/mol. The maximum Gasteiger partial charge on any atom is 0.0897 e. The van der Waals surface area contributed by atoms with Crippen molar-refractivity contribution in [2.24, 2.45) is 5.73 Å². The molecule has 0 heterocycles. The zero-order chi connectivity index (χ0) is 8.81. The SMILES string of the molecule is Cl.NCc1cccc(CCCF)c1. The van der Waals surface area contributed by atoms with Crippen molar-refractivity contribution in [3.8, 4) is 0 Å². The van der Waals surface area contributed by atoms with Crippen LogP contribution in [0.3, 0.4) is 0 Å². The summed E-state index contributed by atoms with van der Waals surface area (Å²) in [5.41, 5.74) is 7.77. The van der Waals surface area contributed by atoms with E-state index in [1.807, 2.05) is 24.3 Å². The third kappa shape index (κ3) is 4.25. The number of hydrogen-bond donors (Lipinski definition) is 1. The average molecular weight is 204 g/mol. The van der Waals surface area contributed by atoms with Crippen molar-refractivity contribution in [1.82, 2.24) is 0 Å². The Morgan fingerprint density at radius 2 is 1.92 bits per heavy atom. The zero-order valence-corrected chi connectivity index (χ0v) is 8.32. The van der Waals surface area contributed by atoms with Gasteiger partial charge in [0.05, 0.1) is 6.67 Å². The highest BCUT2D eigenvalue weighted by Crippen LogP contribution is 2.06. The summed E-state index contributed by atoms with van der Waals surface area (Å²) in [6.07, 6.45) is 1.42. The lowest BCUT2D eigenvalue weighted by Gasteiger charge is -2.01. The number of hydrogen-bond acceptors (Lipinski definition) is 1. The Labute approximate surface area is 84.5 Å². The Hall–Kier alpha value is -0.600. The summed E-state index contributed by atoms with van der Waals surface area (Å²) in [5.74, 6) is 0. The van der Waals surface area contributed by atoms with Crippen LogP contribution in [0.4, 0.5) is 4.39 Å². The molecule has 1 aromatic carbocycles. The Bertz CT molecular complexity index is 240. The zero-order valence-electron chi connectivity index (χ0n) is 7.50. The maximum absolute atomic E-state index is 11.8. The van der Waals surface area contributed by atoms with E-state index in [0.29, 0.717) is 13.0 Å². The van der Waals surface area contributed by atoms with Crippen LogP contribution in [0.15, 0.2) is 24.3 Å². The molecule has 0 aliphatic rings. The van der Waals surface area contributed by atoms with Gasteiger partial charge in [0.15, 0.2) is 0 Å². The molecule has 0 spiro atoms. The van der Waals surface area contributed by atoms with Gasteiger partial charge in [0.2, 0.25) is 0 Å². The van der Waals surface area contributed by atoms with Crippen LogP contribution in [-0.2, 0) is 13.0 Å². The first-order chi connectivity index (χ1) is 5.86. The van der Waals surface area contributed by atoms with E-state index in [0.717, 1.165) is 12.0 Å². The van der Waals surface area contributed by atoms with Crippen LogP contribution in [0.5, 0.6) is 0 Å². The molecule has 0 amide bonds. The Balaban J connectivity index is 0.00000144. The molecule has 0 bridgehead atoms. The number of halogens is 2. The van der Waals surface area contributed by atoms with Crippen molar-refractivity contribution in [3.05, 3.63) is 35.4 Å². The quantitative estimate of drug-likeness (QED) is 0.800. The van der Waals surface area contributed by atoms with E-state index in [1.54, 1.807) is 0 Å². The number of rotatable bonds is 4. The highest BCUT2D eigenvalue weighted by Gasteiger charge is 1.94. The van der Waals surface area contributed by atoms with E-state index in [9.17, 15) is 4.39 Å². The number of nitrogens with two attached hydrogens (primary N) is 1. The number of benzene rings is 1. The monoisotopic (exact) mass is 203 g/mol. The van der Waals surface area contributed by atoms with Crippen LogP contribution in [0.25, 0.3) is 0 Å². The lowest BCUT2D eigenvalue weighted by molar-refractivity contribution is 0.473. The van der Waals surface area contributed by atoms with Crippen molar-refractivity contribution in [2.75, 3.05) is 6.67 Å². The molecule has 0 atom stereocenters. The van der Waals surface area contributed by atoms with E-state index in [2.05, 4.69) is 0 Å². The standard InChI is InChI=1S/C10H14FN.ClH/c11-6-2-5-9-3-1-4-10(7-9)8-12;/h1,3-4,7H,2,5-6,8,12H2;1H. The Morgan fingerprint density at radius 1 is 1.23 bits per heavy atom. The van der Waals surface area contributed by atoms with Crippen molar-refractivity contribution in [3.63, 3.8) is 0 Å². The first-order valence-electron chi connectivity index (χ1n) is 4.20. The van der Waals surface area contributed by atoms with Crippen molar-refractivity contribution >= 4 is 12.4 Å². The maximum atomic E-state index is 11.8. The molecule has 0 radical (unpaired) electrons. The molecule has 1 nitrogen and oxygen atoms in total. The van der Waals surface area contributed by atoms with Gasteiger partial charge in [-0.25, -0.2) is 0 Å². The minimum Gasteiger partial charge on any atom is -0.326 e. The molecule has 0 saturated heterocycles. The smallest absolute Gasteiger partial charge is 0.0897 e. The Morgan fingerprint density at radius 3 is 2.54 bits per heavy atom. The second-order valence-corrected chi connectivity index (χ2v) is 2.82. The van der Waals surface area contributed by atoms with Crippen LogP contribution in [0.2, 0.25) is 0 Å². The highest BCUT2D eigenvalue weighted by atomic mass is 35.5. The van der Waals surface area contributed by atoms with Gasteiger partial charge in [-0.15, -0.1) is 12.4 Å². The molecule has 3 heteroatoms. The predicted octanol–water partition coefficient (Wildman–Crippen LogP) is 2.47. The van der Waals surface area contributed by atoms with E-state index in [-0.39, 0.29) is 19.1 Å². The topological polar surface area (TPSA) is 26.0 Å². The molecule has 0 unspecified atom stereocenters. The van der Waals surface area contributed by atoms with Gasteiger partial charge in [0.1, 0.15) is 0 Å². The molecule has 0 fully saturated rings. The predicted molar refractivity (Wildman–Crippen MR) is 55.9 cm³/mol. The summed E-state index contributed by atoms with van der Waals surface area (Å²) in [4.78, 5) is 0. The van der Waals surface area contributed by atoms with Crippen LogP contribution < -0.4 is 5.73 Å². The van der Waals surface area contributed by atoms with Crippen molar-refractivity contribution in [1.29, 1.82) is 0 Å². The minimum absolute atomic E-state index is 0. The average Bonchev–Trinajstić information content (AvgIpc) is 2.15. The van der Waals surface area contributed by atoms with Gasteiger partial charge < -0.3 is 5.73 Å². The summed E-state index contributed by atoms with van der Waals surface area (Å²) >= 11 is 0. The highest BCUT2D eigenvalue weighted by molar-refractivity contribution is 5.85. The fourth-order valence-electron chi connectivity index (χ4n) is 1.18. The van der Waals surface area contributed by atoms with Gasteiger partial charge in [0, 0.05) is 6.54 Å². The molecule has 1 aromatic rings. The first-order valence-corrected chi connectivity index (χ1v) is 4.20. The van der Waals surface area contributed by atoms with Crippen LogP contribution in [-0.4, -0.2) is 6.67 Å². The van der Waals surface area contributed by atoms with Gasteiger partial charge in [0.25, 0.3) is 0 Å². The summed E-state index contributed by atoms with van der Waals surface area (Å²) in [5, 5.41) is 0. The fourth-order valence-corrected chi connectivity index (χ4v) is 1.18. The second-order valence-electron chi connectivity index (χ2n) is 2.82. The summed E-state index contributed by atoms with van der Waals surface area (Å²) in [6.45, 7) is 0.316. The number of aryl methyl sites for hydroxylation is 1. The third-order valence-corrected chi connectivity index (χ3v) is 1.83. The second kappa shape index (κ2) is 6.87. The van der Waals surface area contributed by atoms with Crippen LogP contribution in [0, 0.1) is 0 Å². The van der Waals surface area contributed by atoms with E-state index in [1.165, 1.54) is 5.56 Å². The molecule has 0 aliphatic carbocycles. The van der Waals surface area contributed by atoms with Gasteiger partial charge >= 0.3 is 0 Å². The minimum atomic E-state index is -0.243. The van der Waals surface area contributed by atoms with E-state index in [4.69, 9.17) is 5.73 Å². The van der Waals surface area contributed by atoms with Crippen LogP contribution in [0.1, 0.15) is 17.5 Å². The normalized spacial score (nSPS) is 9.38. The lowest BCUT2D eigenvalue weighted by atomic mass is 10.1. The molecular formula is C10H15ClFN. The lowest BCUT2D eigenvalue weighted by Crippen LogP contribution is -1.97. The van der Waals surface area contributed by atoms with E-state index >= 15 is 0 Å². The van der Waals surface area contributed by atoms with Gasteiger partial charge in [-0.05, 0) is 24.0 Å². The summed E-state index contributed by atoms with van der Waals surface area (Å²) < 4.78 is 11.8. The number of alkyl halides is 1. The molecule has 74 valence electrons. The van der Waals surface area contributed by atoms with Gasteiger partial charge in [-0.3, -0.25) is 4.39 Å². The molecule has 0 aliphatic heterocycles. The van der Waals surface area contributed by atoms with Crippen molar-refractivity contribution < 1.29 is 4.39 Å². The molecule has 0 aromatic heterocycles. The largest absolute Gasteiger partial charge is 0.326 e. The Kier molecular flexibility index (Phi) is 6.55. The summed E-state index contributed by atoms with van der Waals surface area (Å²) in [7, 11) is 0. The third-order valence-electron chi connectivity index (χ3n) is 1.83. The fraction of sp³-hybridized carbons (Fsp3) is 0.400.